The fourth-order valence-electron chi connectivity index (χ4n) is 1.56. The topological polar surface area (TPSA) is 109 Å². The summed E-state index contributed by atoms with van der Waals surface area (Å²) in [7, 11) is 0. The van der Waals surface area contributed by atoms with Crippen LogP contribution in [0.25, 0.3) is 0 Å². The van der Waals surface area contributed by atoms with Crippen molar-refractivity contribution in [1.82, 2.24) is 20.4 Å². The summed E-state index contributed by atoms with van der Waals surface area (Å²) in [5.41, 5.74) is 0. The number of hydrogen-bond acceptors (Lipinski definition) is 5. The monoisotopic (exact) mass is 254 g/mol. The molecule has 1 aliphatic carbocycles. The first kappa shape index (κ1) is 12.3. The van der Waals surface area contributed by atoms with Crippen LogP contribution in [0.15, 0.2) is 4.52 Å². The quantitative estimate of drug-likeness (QED) is 0.773. The minimum atomic E-state index is -1.02. The molecule has 0 bridgehead atoms. The number of carbonyl (C=O) groups excluding carboxylic acids is 1. The third-order valence-corrected chi connectivity index (χ3v) is 2.51. The second-order valence-corrected chi connectivity index (χ2v) is 4.15. The third-order valence-electron chi connectivity index (χ3n) is 2.51. The maximum atomic E-state index is 11.8. The standard InChI is InChI=1S/C10H14N4O4/c1-6-12-8(18-13-6)4-11-10(17)14(5-9(15)16)7-2-3-7/h7H,2-5H2,1H3,(H,11,17)(H,15,16). The number of urea groups is 1. The Labute approximate surface area is 103 Å². The molecule has 1 aliphatic rings. The molecule has 2 rings (SSSR count). The van der Waals surface area contributed by atoms with Gasteiger partial charge >= 0.3 is 12.0 Å². The van der Waals surface area contributed by atoms with Crippen LogP contribution in [0, 0.1) is 6.92 Å². The van der Waals surface area contributed by atoms with Crippen molar-refractivity contribution in [1.29, 1.82) is 0 Å². The van der Waals surface area contributed by atoms with Gasteiger partial charge in [-0.3, -0.25) is 4.79 Å². The maximum absolute atomic E-state index is 11.8. The van der Waals surface area contributed by atoms with Crippen LogP contribution in [0.1, 0.15) is 24.6 Å². The molecule has 1 aromatic rings. The highest BCUT2D eigenvalue weighted by atomic mass is 16.5. The summed E-state index contributed by atoms with van der Waals surface area (Å²) in [6.45, 7) is 1.48. The van der Waals surface area contributed by atoms with Gasteiger partial charge in [0.1, 0.15) is 6.54 Å². The molecule has 8 heteroatoms. The molecule has 0 radical (unpaired) electrons. The smallest absolute Gasteiger partial charge is 0.323 e. The van der Waals surface area contributed by atoms with E-state index in [0.717, 1.165) is 12.8 Å². The van der Waals surface area contributed by atoms with Gasteiger partial charge in [0.25, 0.3) is 0 Å². The summed E-state index contributed by atoms with van der Waals surface area (Å²) >= 11 is 0. The number of carbonyl (C=O) groups is 2. The number of aliphatic carboxylic acids is 1. The number of rotatable bonds is 5. The second kappa shape index (κ2) is 5.03. The van der Waals surface area contributed by atoms with Crippen LogP contribution in [-0.2, 0) is 11.3 Å². The van der Waals surface area contributed by atoms with E-state index in [1.165, 1.54) is 4.90 Å². The van der Waals surface area contributed by atoms with E-state index in [-0.39, 0.29) is 19.1 Å². The van der Waals surface area contributed by atoms with Crippen LogP contribution >= 0.6 is 0 Å². The highest BCUT2D eigenvalue weighted by molar-refractivity contribution is 5.80. The summed E-state index contributed by atoms with van der Waals surface area (Å²) in [5, 5.41) is 14.9. The van der Waals surface area contributed by atoms with E-state index in [0.29, 0.717) is 11.7 Å². The average molecular weight is 254 g/mol. The van der Waals surface area contributed by atoms with Crippen molar-refractivity contribution in [2.75, 3.05) is 6.54 Å². The molecule has 18 heavy (non-hydrogen) atoms. The summed E-state index contributed by atoms with van der Waals surface area (Å²) in [4.78, 5) is 27.7. The second-order valence-electron chi connectivity index (χ2n) is 4.15. The molecule has 1 saturated carbocycles. The molecule has 0 saturated heterocycles. The molecule has 2 N–H and O–H groups in total. The molecule has 0 aliphatic heterocycles. The summed E-state index contributed by atoms with van der Waals surface area (Å²) < 4.78 is 4.84. The summed E-state index contributed by atoms with van der Waals surface area (Å²) in [5.74, 6) is -0.235. The zero-order valence-corrected chi connectivity index (χ0v) is 9.92. The van der Waals surface area contributed by atoms with Crippen LogP contribution in [0.4, 0.5) is 4.79 Å². The number of aromatic nitrogens is 2. The lowest BCUT2D eigenvalue weighted by Crippen LogP contribution is -2.43. The Kier molecular flexibility index (Phi) is 3.45. The number of carboxylic acids is 1. The van der Waals surface area contributed by atoms with Crippen molar-refractivity contribution >= 4 is 12.0 Å². The van der Waals surface area contributed by atoms with Gasteiger partial charge in [-0.25, -0.2) is 4.79 Å². The van der Waals surface area contributed by atoms with Crippen LogP contribution in [0.2, 0.25) is 0 Å². The van der Waals surface area contributed by atoms with Crippen molar-refractivity contribution < 1.29 is 19.2 Å². The van der Waals surface area contributed by atoms with E-state index in [4.69, 9.17) is 9.63 Å². The Morgan fingerprint density at radius 3 is 2.78 bits per heavy atom. The number of hydrogen-bond donors (Lipinski definition) is 2. The molecule has 1 fully saturated rings. The molecule has 0 unspecified atom stereocenters. The number of amides is 2. The van der Waals surface area contributed by atoms with Crippen molar-refractivity contribution in [2.45, 2.75) is 32.4 Å². The minimum absolute atomic E-state index is 0.0329. The molecule has 8 nitrogen and oxygen atoms in total. The van der Waals surface area contributed by atoms with Crippen molar-refractivity contribution in [2.24, 2.45) is 0 Å². The van der Waals surface area contributed by atoms with Gasteiger partial charge in [-0.15, -0.1) is 0 Å². The molecule has 0 spiro atoms. The van der Waals surface area contributed by atoms with Gasteiger partial charge in [-0.1, -0.05) is 5.16 Å². The Hall–Kier alpha value is -2.12. The van der Waals surface area contributed by atoms with Gasteiger partial charge in [0.15, 0.2) is 5.82 Å². The third kappa shape index (κ3) is 3.19. The fourth-order valence-corrected chi connectivity index (χ4v) is 1.56. The van der Waals surface area contributed by atoms with E-state index >= 15 is 0 Å². The molecule has 2 amide bonds. The Morgan fingerprint density at radius 2 is 2.28 bits per heavy atom. The van der Waals surface area contributed by atoms with Crippen molar-refractivity contribution in [3.63, 3.8) is 0 Å². The first-order chi connectivity index (χ1) is 8.56. The van der Waals surface area contributed by atoms with E-state index in [9.17, 15) is 9.59 Å². The van der Waals surface area contributed by atoms with Gasteiger partial charge in [-0.2, -0.15) is 4.98 Å². The van der Waals surface area contributed by atoms with Crippen LogP contribution in [0.3, 0.4) is 0 Å². The van der Waals surface area contributed by atoms with E-state index in [2.05, 4.69) is 15.5 Å². The normalized spacial score (nSPS) is 14.3. The van der Waals surface area contributed by atoms with Gasteiger partial charge in [0.05, 0.1) is 6.54 Å². The maximum Gasteiger partial charge on any atom is 0.323 e. The molecule has 0 aromatic carbocycles. The van der Waals surface area contributed by atoms with Gasteiger partial charge in [0.2, 0.25) is 5.89 Å². The zero-order chi connectivity index (χ0) is 13.1. The number of aryl methyl sites for hydroxylation is 1. The van der Waals surface area contributed by atoms with Crippen LogP contribution in [-0.4, -0.2) is 44.7 Å². The largest absolute Gasteiger partial charge is 0.480 e. The molecular formula is C10H14N4O4. The minimum Gasteiger partial charge on any atom is -0.480 e. The van der Waals surface area contributed by atoms with E-state index < -0.39 is 12.0 Å². The Bertz CT molecular complexity index is 454. The number of carboxylic acid groups (broad SMARTS) is 1. The zero-order valence-electron chi connectivity index (χ0n) is 9.92. The van der Waals surface area contributed by atoms with Crippen molar-refractivity contribution in [3.05, 3.63) is 11.7 Å². The van der Waals surface area contributed by atoms with Gasteiger partial charge in [-0.05, 0) is 19.8 Å². The average Bonchev–Trinajstić information content (AvgIpc) is 3.06. The lowest BCUT2D eigenvalue weighted by molar-refractivity contribution is -0.137. The molecule has 98 valence electrons. The SMILES string of the molecule is Cc1noc(CNC(=O)N(CC(=O)O)C2CC2)n1. The number of nitrogens with one attached hydrogen (secondary N) is 1. The summed E-state index contributed by atoms with van der Waals surface area (Å²) in [6.07, 6.45) is 1.70. The van der Waals surface area contributed by atoms with E-state index in [1.807, 2.05) is 0 Å². The molecule has 0 atom stereocenters. The van der Waals surface area contributed by atoms with Crippen molar-refractivity contribution in [3.8, 4) is 0 Å². The highest BCUT2D eigenvalue weighted by Gasteiger charge is 2.33. The molecule has 1 heterocycles. The predicted octanol–water partition coefficient (Wildman–Crippen LogP) is 0.137. The van der Waals surface area contributed by atoms with Gasteiger partial charge < -0.3 is 19.8 Å². The first-order valence-corrected chi connectivity index (χ1v) is 5.61. The van der Waals surface area contributed by atoms with Gasteiger partial charge in [0, 0.05) is 6.04 Å². The number of nitrogens with zero attached hydrogens (tertiary/aromatic N) is 3. The Balaban J connectivity index is 1.87. The summed E-state index contributed by atoms with van der Waals surface area (Å²) in [6, 6.07) is -0.388. The first-order valence-electron chi connectivity index (χ1n) is 5.61. The lowest BCUT2D eigenvalue weighted by Gasteiger charge is -2.19. The predicted molar refractivity (Wildman–Crippen MR) is 58.6 cm³/mol. The molecule has 1 aromatic heterocycles. The molecular weight excluding hydrogens is 240 g/mol. The van der Waals surface area contributed by atoms with Crippen LogP contribution < -0.4 is 5.32 Å². The fraction of sp³-hybridized carbons (Fsp3) is 0.600. The van der Waals surface area contributed by atoms with Crippen LogP contribution in [0.5, 0.6) is 0 Å². The lowest BCUT2D eigenvalue weighted by atomic mass is 10.5. The highest BCUT2D eigenvalue weighted by Crippen LogP contribution is 2.26. The Morgan fingerprint density at radius 1 is 1.56 bits per heavy atom. The van der Waals surface area contributed by atoms with E-state index in [1.54, 1.807) is 6.92 Å².